The standard InChI is InChI=1S/C37H68N2O10/c1-13-14-26-37(10,43)31(41)22(5)29-19(2)16-36(9,49-29)32(48-34-28(40)25(38-11)15-20(3)46-34)23(6)30(24(7)33(42)39-26)47-27-18-35(8,44-12)17-21(4)45-27/h19-32,34,38,40-41,43H,13-18H2,1-12H3,(H,39,42)/t19-,20?,21?,22+,23+,24-,25?,26-,27?,28?,29-,30+,31-,32-,34?,35?,36?,37-/m1/s1. The van der Waals surface area contributed by atoms with E-state index in [1.165, 1.54) is 0 Å². The van der Waals surface area contributed by atoms with Crippen molar-refractivity contribution in [3.63, 3.8) is 0 Å². The Morgan fingerprint density at radius 1 is 0.959 bits per heavy atom. The summed E-state index contributed by atoms with van der Waals surface area (Å²) in [5.41, 5.74) is -3.05. The molecule has 4 heterocycles. The minimum atomic E-state index is -1.64. The third-order valence-electron chi connectivity index (χ3n) is 12.2. The van der Waals surface area contributed by atoms with E-state index in [4.69, 9.17) is 28.4 Å². The van der Waals surface area contributed by atoms with E-state index in [2.05, 4.69) is 17.6 Å². The number of likely N-dealkylation sites (N-methyl/N-ethyl adjacent to an activating group) is 1. The Hall–Kier alpha value is -0.930. The van der Waals surface area contributed by atoms with E-state index in [-0.39, 0.29) is 30.1 Å². The molecule has 2 bridgehead atoms. The van der Waals surface area contributed by atoms with Crippen LogP contribution in [-0.2, 0) is 33.2 Å². The quantitative estimate of drug-likeness (QED) is 0.253. The Morgan fingerprint density at radius 2 is 1.63 bits per heavy atom. The molecular formula is C37H68N2O10. The highest BCUT2D eigenvalue weighted by Crippen LogP contribution is 2.47. The van der Waals surface area contributed by atoms with Gasteiger partial charge in [0.05, 0.1) is 59.8 Å². The normalized spacial score (nSPS) is 51.7. The lowest BCUT2D eigenvalue weighted by Gasteiger charge is -2.47. The van der Waals surface area contributed by atoms with Gasteiger partial charge in [-0.05, 0) is 66.8 Å². The molecule has 4 aliphatic heterocycles. The molecule has 4 aliphatic rings. The summed E-state index contributed by atoms with van der Waals surface area (Å²) in [6.07, 6.45) is -2.45. The lowest BCUT2D eigenvalue weighted by molar-refractivity contribution is -0.308. The first-order valence-corrected chi connectivity index (χ1v) is 18.7. The molecule has 12 heteroatoms. The summed E-state index contributed by atoms with van der Waals surface area (Å²) in [6, 6.07) is -0.957. The van der Waals surface area contributed by atoms with Gasteiger partial charge < -0.3 is 54.4 Å². The highest BCUT2D eigenvalue weighted by molar-refractivity contribution is 5.79. The van der Waals surface area contributed by atoms with Crippen LogP contribution in [0.15, 0.2) is 0 Å². The van der Waals surface area contributed by atoms with Gasteiger partial charge >= 0.3 is 0 Å². The van der Waals surface area contributed by atoms with E-state index < -0.39 is 83.7 Å². The van der Waals surface area contributed by atoms with Gasteiger partial charge in [0.1, 0.15) is 11.7 Å². The third kappa shape index (κ3) is 8.66. The van der Waals surface area contributed by atoms with Crippen molar-refractivity contribution in [1.29, 1.82) is 0 Å². The van der Waals surface area contributed by atoms with Gasteiger partial charge in [-0.2, -0.15) is 0 Å². The summed E-state index contributed by atoms with van der Waals surface area (Å²) < 4.78 is 39.2. The minimum Gasteiger partial charge on any atom is -0.390 e. The maximum absolute atomic E-state index is 14.3. The summed E-state index contributed by atoms with van der Waals surface area (Å²) >= 11 is 0. The molecule has 1 amide bonds. The molecule has 0 aromatic heterocycles. The van der Waals surface area contributed by atoms with Crippen LogP contribution in [0.25, 0.3) is 0 Å². The molecule has 286 valence electrons. The van der Waals surface area contributed by atoms with Crippen molar-refractivity contribution >= 4 is 5.91 Å². The molecule has 4 rings (SSSR count). The second kappa shape index (κ2) is 16.0. The van der Waals surface area contributed by atoms with E-state index in [9.17, 15) is 20.1 Å². The molecule has 5 N–H and O–H groups in total. The maximum atomic E-state index is 14.3. The number of amides is 1. The first-order chi connectivity index (χ1) is 22.8. The average Bonchev–Trinajstić information content (AvgIpc) is 3.35. The number of hydrogen-bond acceptors (Lipinski definition) is 11. The largest absolute Gasteiger partial charge is 0.390 e. The fourth-order valence-electron chi connectivity index (χ4n) is 9.32. The van der Waals surface area contributed by atoms with Gasteiger partial charge in [0, 0.05) is 37.8 Å². The summed E-state index contributed by atoms with van der Waals surface area (Å²) in [7, 11) is 3.51. The predicted octanol–water partition coefficient (Wildman–Crippen LogP) is 3.27. The molecule has 0 radical (unpaired) electrons. The first kappa shape index (κ1) is 40.8. The second-order valence-corrected chi connectivity index (χ2v) is 16.6. The van der Waals surface area contributed by atoms with Gasteiger partial charge in [-0.25, -0.2) is 0 Å². The second-order valence-electron chi connectivity index (χ2n) is 16.6. The molecule has 0 aromatic carbocycles. The van der Waals surface area contributed by atoms with Crippen LogP contribution < -0.4 is 10.6 Å². The van der Waals surface area contributed by atoms with Crippen LogP contribution in [0.5, 0.6) is 0 Å². The monoisotopic (exact) mass is 700 g/mol. The van der Waals surface area contributed by atoms with E-state index in [0.717, 1.165) is 0 Å². The van der Waals surface area contributed by atoms with Crippen LogP contribution in [0.3, 0.4) is 0 Å². The van der Waals surface area contributed by atoms with Gasteiger partial charge in [-0.15, -0.1) is 0 Å². The van der Waals surface area contributed by atoms with Crippen molar-refractivity contribution in [2.45, 2.75) is 192 Å². The number of carbonyl (C=O) groups excluding carboxylic acids is 1. The zero-order valence-corrected chi connectivity index (χ0v) is 32.1. The Kier molecular flexibility index (Phi) is 13.3. The Morgan fingerprint density at radius 3 is 2.24 bits per heavy atom. The molecule has 18 atom stereocenters. The minimum absolute atomic E-state index is 0.00573. The van der Waals surface area contributed by atoms with Gasteiger partial charge in [0.15, 0.2) is 12.6 Å². The van der Waals surface area contributed by atoms with Crippen molar-refractivity contribution in [3.05, 3.63) is 0 Å². The fraction of sp³-hybridized carbons (Fsp3) is 0.973. The van der Waals surface area contributed by atoms with Crippen LogP contribution in [-0.4, -0.2) is 120 Å². The predicted molar refractivity (Wildman–Crippen MR) is 185 cm³/mol. The van der Waals surface area contributed by atoms with Crippen molar-refractivity contribution in [2.75, 3.05) is 14.2 Å². The Balaban J connectivity index is 1.83. The number of rotatable bonds is 8. The summed E-state index contributed by atoms with van der Waals surface area (Å²) in [5.74, 6) is -2.00. The highest BCUT2D eigenvalue weighted by atomic mass is 16.7. The topological polar surface area (TPSA) is 157 Å². The maximum Gasteiger partial charge on any atom is 0.225 e. The number of aliphatic hydroxyl groups is 3. The molecule has 0 spiro atoms. The summed E-state index contributed by atoms with van der Waals surface area (Å²) in [6.45, 7) is 19.4. The molecule has 0 aliphatic carbocycles. The smallest absolute Gasteiger partial charge is 0.225 e. The molecule has 12 nitrogen and oxygen atoms in total. The molecule has 49 heavy (non-hydrogen) atoms. The lowest BCUT2D eigenvalue weighted by atomic mass is 9.75. The third-order valence-corrected chi connectivity index (χ3v) is 12.2. The van der Waals surface area contributed by atoms with E-state index in [0.29, 0.717) is 38.5 Å². The number of aliphatic hydroxyl groups excluding tert-OH is 2. The van der Waals surface area contributed by atoms with Crippen molar-refractivity contribution in [2.24, 2.45) is 23.7 Å². The highest BCUT2D eigenvalue weighted by Gasteiger charge is 2.57. The number of nitrogens with one attached hydrogen (secondary N) is 2. The van der Waals surface area contributed by atoms with Crippen molar-refractivity contribution < 1.29 is 48.5 Å². The number of fused-ring (bicyclic) bond motifs is 2. The van der Waals surface area contributed by atoms with Gasteiger partial charge in [-0.1, -0.05) is 41.0 Å². The SMILES string of the molecule is CCC[C@H]1NC(=O)[C@H](C)[C@@H](OC2CC(C)(OC)CC(C)O2)[C@H](C)[C@@H](OC2OC(C)CC(NC)C2O)C2(C)C[C@@H](C)[C@@H](O2)[C@H](C)[C@@H](O)[C@]1(C)O. The zero-order chi connectivity index (χ0) is 36.6. The van der Waals surface area contributed by atoms with E-state index in [1.807, 2.05) is 62.4 Å². The molecule has 0 aromatic rings. The summed E-state index contributed by atoms with van der Waals surface area (Å²) in [4.78, 5) is 14.3. The lowest BCUT2D eigenvalue weighted by Crippen LogP contribution is -2.61. The molecule has 4 saturated heterocycles. The van der Waals surface area contributed by atoms with Crippen LogP contribution in [0.2, 0.25) is 0 Å². The Labute approximate surface area is 294 Å². The van der Waals surface area contributed by atoms with Crippen molar-refractivity contribution in [1.82, 2.24) is 10.6 Å². The van der Waals surface area contributed by atoms with Crippen LogP contribution in [0.1, 0.15) is 108 Å². The summed E-state index contributed by atoms with van der Waals surface area (Å²) in [5, 5.41) is 41.4. The molecular weight excluding hydrogens is 632 g/mol. The van der Waals surface area contributed by atoms with Crippen LogP contribution in [0.4, 0.5) is 0 Å². The van der Waals surface area contributed by atoms with Gasteiger partial charge in [-0.3, -0.25) is 4.79 Å². The van der Waals surface area contributed by atoms with Gasteiger partial charge in [0.25, 0.3) is 0 Å². The zero-order valence-electron chi connectivity index (χ0n) is 32.1. The number of carbonyl (C=O) groups is 1. The fourth-order valence-corrected chi connectivity index (χ4v) is 9.32. The van der Waals surface area contributed by atoms with E-state index in [1.54, 1.807) is 14.0 Å². The number of methoxy groups -OCH3 is 1. The molecule has 4 fully saturated rings. The molecule has 0 saturated carbocycles. The number of ether oxygens (including phenoxy) is 6. The van der Waals surface area contributed by atoms with Crippen LogP contribution in [0, 0.1) is 23.7 Å². The number of hydrogen-bond donors (Lipinski definition) is 5. The van der Waals surface area contributed by atoms with Crippen molar-refractivity contribution in [3.8, 4) is 0 Å². The molecule has 8 unspecified atom stereocenters. The average molecular weight is 701 g/mol. The van der Waals surface area contributed by atoms with Gasteiger partial charge in [0.2, 0.25) is 5.91 Å². The van der Waals surface area contributed by atoms with Crippen LogP contribution >= 0.6 is 0 Å². The Bertz CT molecular complexity index is 1100. The first-order valence-electron chi connectivity index (χ1n) is 18.7. The van der Waals surface area contributed by atoms with E-state index >= 15 is 0 Å².